The molecule has 0 atom stereocenters. The first kappa shape index (κ1) is 18.6. The van der Waals surface area contributed by atoms with Gasteiger partial charge in [-0.3, -0.25) is 9.59 Å². The van der Waals surface area contributed by atoms with Crippen molar-refractivity contribution in [3.8, 4) is 0 Å². The number of carbonyl (C=O) groups is 2. The van der Waals surface area contributed by atoms with Gasteiger partial charge in [-0.1, -0.05) is 6.92 Å². The van der Waals surface area contributed by atoms with E-state index in [-0.39, 0.29) is 52.0 Å². The Balaban J connectivity index is -0.000000405. The molecule has 0 rings (SSSR count). The summed E-state index contributed by atoms with van der Waals surface area (Å²) in [4.78, 5) is 20.0. The molecule has 0 fully saturated rings. The van der Waals surface area contributed by atoms with E-state index < -0.39 is 24.2 Å². The number of hydrogen-bond acceptors (Lipinski definition) is 2. The minimum absolute atomic E-state index is 0. The van der Waals surface area contributed by atoms with E-state index in [1.165, 1.54) is 6.92 Å². The molecular weight excluding hydrogens is 419 g/mol. The van der Waals surface area contributed by atoms with E-state index in [0.29, 0.717) is 0 Å². The molecule has 0 saturated carbocycles. The molecule has 0 aromatic rings. The van der Waals surface area contributed by atoms with E-state index in [0.717, 1.165) is 0 Å². The Morgan fingerprint density at radius 3 is 1.67 bits per heavy atom. The fraction of sp³-hybridized carbons (Fsp3) is 0.600. The molecule has 0 amide bonds. The van der Waals surface area contributed by atoms with Crippen LogP contribution in [-0.2, 0) is 61.6 Å². The summed E-state index contributed by atoms with van der Waals surface area (Å²) >= 11 is 0. The largest absolute Gasteiger partial charge is 0.458 e. The molecule has 0 radical (unpaired) electrons. The molecule has 0 aliphatic rings. The summed E-state index contributed by atoms with van der Waals surface area (Å²) in [6.45, 7) is 1.20. The van der Waals surface area contributed by atoms with Gasteiger partial charge in [0, 0.05) is 58.5 Å². The van der Waals surface area contributed by atoms with Gasteiger partial charge in [-0.2, -0.15) is 13.2 Å². The minimum Gasteiger partial charge on any atom is -0.291 e. The molecule has 2 nitrogen and oxygen atoms in total. The molecule has 0 bridgehead atoms. The summed E-state index contributed by atoms with van der Waals surface area (Å²) in [5.74, 6) is -3.66. The van der Waals surface area contributed by atoms with Gasteiger partial charge in [-0.25, -0.2) is 0 Å². The molecule has 0 spiro atoms. The van der Waals surface area contributed by atoms with Crippen LogP contribution < -0.4 is 0 Å². The van der Waals surface area contributed by atoms with Crippen LogP contribution in [0.2, 0.25) is 0 Å². The molecule has 12 heavy (non-hydrogen) atoms. The number of ketones is 2. The summed E-state index contributed by atoms with van der Waals surface area (Å²) in [7, 11) is 0. The second-order valence-corrected chi connectivity index (χ2v) is 1.60. The average Bonchev–Trinajstić information content (AvgIpc) is 1.83. The normalized spacial score (nSPS) is 9.33. The van der Waals surface area contributed by atoms with Crippen LogP contribution in [0, 0.1) is 0 Å². The van der Waals surface area contributed by atoms with Crippen molar-refractivity contribution in [3.05, 3.63) is 0 Å². The second-order valence-electron chi connectivity index (χ2n) is 1.60. The van der Waals surface area contributed by atoms with E-state index in [4.69, 9.17) is 0 Å². The van der Waals surface area contributed by atoms with Gasteiger partial charge in [-0.05, 0) is 0 Å². The molecule has 0 aromatic heterocycles. The van der Waals surface area contributed by atoms with Crippen molar-refractivity contribution in [1.29, 1.82) is 0 Å². The first-order chi connectivity index (χ1) is 4.39. The van der Waals surface area contributed by atoms with Crippen molar-refractivity contribution in [2.24, 2.45) is 0 Å². The van der Waals surface area contributed by atoms with Crippen LogP contribution >= 0.6 is 0 Å². The Kier molecular flexibility index (Phi) is 11.3. The number of Topliss-reactive ketones (excluding diaryl/α,β-unsaturated/α-hetero) is 2. The standard InChI is InChI=1S/C5H5F3O2.Hf.Zr/c1-2-3(9)4(10)5(6,7)8;;/h2H2,1H3;;. The average molecular weight is 424 g/mol. The van der Waals surface area contributed by atoms with Crippen molar-refractivity contribution >= 4 is 11.6 Å². The van der Waals surface area contributed by atoms with Gasteiger partial charge in [0.25, 0.3) is 0 Å². The van der Waals surface area contributed by atoms with Crippen LogP contribution in [0.3, 0.4) is 0 Å². The monoisotopic (exact) mass is 424 g/mol. The van der Waals surface area contributed by atoms with Crippen LogP contribution in [0.1, 0.15) is 13.3 Å². The van der Waals surface area contributed by atoms with E-state index >= 15 is 0 Å². The van der Waals surface area contributed by atoms with E-state index in [9.17, 15) is 22.8 Å². The maximum absolute atomic E-state index is 11.3. The van der Waals surface area contributed by atoms with Crippen molar-refractivity contribution in [2.75, 3.05) is 0 Å². The molecule has 0 N–H and O–H groups in total. The third kappa shape index (κ3) is 6.40. The zero-order valence-electron chi connectivity index (χ0n) is 6.16. The SMILES string of the molecule is CCC(=O)C(=O)C(F)(F)F.[Hf].[Zr]. The smallest absolute Gasteiger partial charge is 0.291 e. The molecule has 66 valence electrons. The van der Waals surface area contributed by atoms with Crippen LogP contribution in [0.4, 0.5) is 13.2 Å². The van der Waals surface area contributed by atoms with Crippen molar-refractivity contribution < 1.29 is 74.8 Å². The Labute approximate surface area is 105 Å². The molecule has 0 aliphatic heterocycles. The van der Waals surface area contributed by atoms with Crippen LogP contribution in [0.25, 0.3) is 0 Å². The van der Waals surface area contributed by atoms with Gasteiger partial charge >= 0.3 is 12.0 Å². The molecule has 7 heteroatoms. The third-order valence-corrected chi connectivity index (χ3v) is 0.832. The number of rotatable bonds is 2. The first-order valence-corrected chi connectivity index (χ1v) is 2.54. The number of halogens is 3. The van der Waals surface area contributed by atoms with Gasteiger partial charge in [-0.15, -0.1) is 0 Å². The second kappa shape index (κ2) is 7.30. The van der Waals surface area contributed by atoms with Crippen molar-refractivity contribution in [1.82, 2.24) is 0 Å². The maximum Gasteiger partial charge on any atom is 0.458 e. The summed E-state index contributed by atoms with van der Waals surface area (Å²) in [5, 5.41) is 0. The third-order valence-electron chi connectivity index (χ3n) is 0.832. The van der Waals surface area contributed by atoms with Gasteiger partial charge in [0.2, 0.25) is 5.78 Å². The molecule has 0 aromatic carbocycles. The predicted molar refractivity (Wildman–Crippen MR) is 26.4 cm³/mol. The minimum atomic E-state index is -5.01. The van der Waals surface area contributed by atoms with Crippen molar-refractivity contribution in [2.45, 2.75) is 19.5 Å². The van der Waals surface area contributed by atoms with Gasteiger partial charge in [0.1, 0.15) is 0 Å². The molecule has 0 unspecified atom stereocenters. The fourth-order valence-corrected chi connectivity index (χ4v) is 0.319. The maximum atomic E-state index is 11.3. The summed E-state index contributed by atoms with van der Waals surface area (Å²) in [5.41, 5.74) is 0. The summed E-state index contributed by atoms with van der Waals surface area (Å²) in [6, 6.07) is 0. The Hall–Kier alpha value is 0.883. The Morgan fingerprint density at radius 1 is 1.25 bits per heavy atom. The van der Waals surface area contributed by atoms with E-state index in [1.54, 1.807) is 0 Å². The Morgan fingerprint density at radius 2 is 1.58 bits per heavy atom. The first-order valence-electron chi connectivity index (χ1n) is 2.54. The fourth-order valence-electron chi connectivity index (χ4n) is 0.319. The quantitative estimate of drug-likeness (QED) is 0.492. The van der Waals surface area contributed by atoms with Gasteiger partial charge < -0.3 is 0 Å². The topological polar surface area (TPSA) is 34.1 Å². The Bertz CT molecular complexity index is 169. The number of carbonyl (C=O) groups excluding carboxylic acids is 2. The summed E-state index contributed by atoms with van der Waals surface area (Å²) < 4.78 is 33.9. The van der Waals surface area contributed by atoms with E-state index in [2.05, 4.69) is 0 Å². The number of alkyl halides is 3. The molecule has 0 aliphatic carbocycles. The van der Waals surface area contributed by atoms with Crippen molar-refractivity contribution in [3.63, 3.8) is 0 Å². The zero-order chi connectivity index (χ0) is 8.36. The van der Waals surface area contributed by atoms with Crippen LogP contribution in [-0.4, -0.2) is 17.7 Å². The van der Waals surface area contributed by atoms with Gasteiger partial charge in [0.05, 0.1) is 0 Å². The molecule has 0 saturated heterocycles. The summed E-state index contributed by atoms with van der Waals surface area (Å²) in [6.07, 6.45) is -5.41. The van der Waals surface area contributed by atoms with Gasteiger partial charge in [0.15, 0.2) is 0 Å². The number of hydrogen-bond donors (Lipinski definition) is 0. The predicted octanol–water partition coefficient (Wildman–Crippen LogP) is 1.09. The molecule has 0 heterocycles. The van der Waals surface area contributed by atoms with Crippen LogP contribution in [0.15, 0.2) is 0 Å². The van der Waals surface area contributed by atoms with Crippen LogP contribution in [0.5, 0.6) is 0 Å². The molecular formula is C5H5F3HfO2Zr. The zero-order valence-corrected chi connectivity index (χ0v) is 12.2. The van der Waals surface area contributed by atoms with E-state index in [1.807, 2.05) is 0 Å².